The van der Waals surface area contributed by atoms with Crippen LogP contribution in [0.3, 0.4) is 0 Å². The van der Waals surface area contributed by atoms with Crippen LogP contribution in [0, 0.1) is 5.92 Å². The van der Waals surface area contributed by atoms with Gasteiger partial charge in [-0.3, -0.25) is 4.79 Å². The van der Waals surface area contributed by atoms with Crippen LogP contribution in [0.2, 0.25) is 0 Å². The molecule has 1 aliphatic carbocycles. The predicted octanol–water partition coefficient (Wildman–Crippen LogP) is 5.09. The number of hydrogen-bond donors (Lipinski definition) is 3. The lowest BCUT2D eigenvalue weighted by atomic mass is 9.98. The van der Waals surface area contributed by atoms with E-state index in [9.17, 15) is 19.5 Å². The van der Waals surface area contributed by atoms with Gasteiger partial charge in [0.1, 0.15) is 12.6 Å². The summed E-state index contributed by atoms with van der Waals surface area (Å²) in [6.07, 6.45) is 3.48. The van der Waals surface area contributed by atoms with Gasteiger partial charge in [-0.05, 0) is 47.4 Å². The number of hydrogen-bond acceptors (Lipinski definition) is 4. The highest BCUT2D eigenvalue weighted by Gasteiger charge is 2.29. The molecule has 1 aliphatic rings. The summed E-state index contributed by atoms with van der Waals surface area (Å²) in [6, 6.07) is 15.6. The summed E-state index contributed by atoms with van der Waals surface area (Å²) in [7, 11) is 0. The number of nitrogens with one attached hydrogen (secondary N) is 2. The minimum atomic E-state index is -0.994. The van der Waals surface area contributed by atoms with Gasteiger partial charge in [0.2, 0.25) is 5.91 Å². The molecule has 0 radical (unpaired) electrons. The quantitative estimate of drug-likeness (QED) is 0.346. The van der Waals surface area contributed by atoms with E-state index in [1.807, 2.05) is 38.1 Å². The molecule has 0 unspecified atom stereocenters. The van der Waals surface area contributed by atoms with Crippen LogP contribution in [0.1, 0.15) is 69.4 Å². The summed E-state index contributed by atoms with van der Waals surface area (Å²) in [5.41, 5.74) is 4.77. The van der Waals surface area contributed by atoms with E-state index in [1.165, 1.54) is 22.3 Å². The first kappa shape index (κ1) is 26.3. The lowest BCUT2D eigenvalue weighted by Crippen LogP contribution is -2.41. The molecule has 0 bridgehead atoms. The third-order valence-electron chi connectivity index (χ3n) is 6.28. The van der Waals surface area contributed by atoms with Gasteiger partial charge in [0.05, 0.1) is 0 Å². The number of carbonyl (C=O) groups excluding carboxylic acids is 2. The molecule has 2 amide bonds. The predicted molar refractivity (Wildman–Crippen MR) is 135 cm³/mol. The van der Waals surface area contributed by atoms with Crippen LogP contribution in [-0.4, -0.2) is 42.3 Å². The number of aliphatic carboxylic acids is 1. The number of unbranched alkanes of at least 4 members (excludes halogenated alkanes) is 3. The van der Waals surface area contributed by atoms with Crippen molar-refractivity contribution in [1.29, 1.82) is 0 Å². The summed E-state index contributed by atoms with van der Waals surface area (Å²) in [5, 5.41) is 14.6. The van der Waals surface area contributed by atoms with E-state index in [2.05, 4.69) is 34.9 Å². The van der Waals surface area contributed by atoms with Gasteiger partial charge in [-0.15, -0.1) is 0 Å². The number of ether oxygens (including phenoxy) is 1. The Hall–Kier alpha value is -3.35. The molecule has 0 saturated heterocycles. The van der Waals surface area contributed by atoms with Gasteiger partial charge in [-0.1, -0.05) is 75.2 Å². The standard InChI is InChI=1S/C28H36N2O5/c1-19(2)17-25(27(32)33)30-26(31)15-5-3-4-10-16-29-28(34)35-18-24-22-13-8-6-11-20(22)21-12-7-9-14-23(21)24/h6-9,11-14,19,24-25H,3-5,10,15-18H2,1-2H3,(H,29,34)(H,30,31)(H,32,33)/t25-/m0/s1. The van der Waals surface area contributed by atoms with Gasteiger partial charge in [-0.25, -0.2) is 9.59 Å². The second kappa shape index (κ2) is 12.9. The van der Waals surface area contributed by atoms with Crippen molar-refractivity contribution in [3.63, 3.8) is 0 Å². The number of carboxylic acids is 1. The molecule has 0 heterocycles. The molecule has 35 heavy (non-hydrogen) atoms. The molecule has 3 N–H and O–H groups in total. The van der Waals surface area contributed by atoms with Crippen LogP contribution in [0.4, 0.5) is 4.79 Å². The van der Waals surface area contributed by atoms with Crippen molar-refractivity contribution >= 4 is 18.0 Å². The fraction of sp³-hybridized carbons (Fsp3) is 0.464. The number of carboxylic acid groups (broad SMARTS) is 1. The van der Waals surface area contributed by atoms with Crippen molar-refractivity contribution in [2.75, 3.05) is 13.2 Å². The van der Waals surface area contributed by atoms with Gasteiger partial charge >= 0.3 is 12.1 Å². The lowest BCUT2D eigenvalue weighted by molar-refractivity contribution is -0.142. The second-order valence-corrected chi connectivity index (χ2v) is 9.50. The van der Waals surface area contributed by atoms with E-state index in [1.54, 1.807) is 0 Å². The zero-order valence-electron chi connectivity index (χ0n) is 20.6. The van der Waals surface area contributed by atoms with E-state index in [0.29, 0.717) is 32.4 Å². The number of fused-ring (bicyclic) bond motifs is 3. The summed E-state index contributed by atoms with van der Waals surface area (Å²) >= 11 is 0. The summed E-state index contributed by atoms with van der Waals surface area (Å²) < 4.78 is 5.53. The van der Waals surface area contributed by atoms with E-state index >= 15 is 0 Å². The Morgan fingerprint density at radius 2 is 1.51 bits per heavy atom. The van der Waals surface area contributed by atoms with E-state index in [-0.39, 0.29) is 17.7 Å². The maximum absolute atomic E-state index is 12.2. The first-order chi connectivity index (χ1) is 16.9. The third kappa shape index (κ3) is 7.57. The highest BCUT2D eigenvalue weighted by Crippen LogP contribution is 2.44. The van der Waals surface area contributed by atoms with Crippen LogP contribution in [0.15, 0.2) is 48.5 Å². The minimum Gasteiger partial charge on any atom is -0.480 e. The van der Waals surface area contributed by atoms with Crippen LogP contribution < -0.4 is 10.6 Å². The molecule has 2 aromatic carbocycles. The lowest BCUT2D eigenvalue weighted by Gasteiger charge is -2.16. The van der Waals surface area contributed by atoms with Crippen molar-refractivity contribution in [3.05, 3.63) is 59.7 Å². The Kier molecular flexibility index (Phi) is 9.70. The molecular formula is C28H36N2O5. The third-order valence-corrected chi connectivity index (χ3v) is 6.28. The fourth-order valence-electron chi connectivity index (χ4n) is 4.56. The molecule has 7 heteroatoms. The summed E-state index contributed by atoms with van der Waals surface area (Å²) in [4.78, 5) is 35.5. The average molecular weight is 481 g/mol. The monoisotopic (exact) mass is 480 g/mol. The summed E-state index contributed by atoms with van der Waals surface area (Å²) in [6.45, 7) is 4.67. The highest BCUT2D eigenvalue weighted by atomic mass is 16.5. The molecule has 188 valence electrons. The van der Waals surface area contributed by atoms with Crippen LogP contribution in [0.25, 0.3) is 11.1 Å². The molecule has 0 aliphatic heterocycles. The van der Waals surface area contributed by atoms with Gasteiger partial charge in [0, 0.05) is 18.9 Å². The van der Waals surface area contributed by atoms with Crippen molar-refractivity contribution in [2.45, 2.75) is 64.3 Å². The van der Waals surface area contributed by atoms with E-state index in [4.69, 9.17) is 4.74 Å². The highest BCUT2D eigenvalue weighted by molar-refractivity contribution is 5.83. The van der Waals surface area contributed by atoms with Crippen molar-refractivity contribution in [3.8, 4) is 11.1 Å². The largest absolute Gasteiger partial charge is 0.480 e. The maximum Gasteiger partial charge on any atom is 0.407 e. The first-order valence-electron chi connectivity index (χ1n) is 12.5. The number of benzene rings is 2. The number of carbonyl (C=O) groups is 3. The number of rotatable bonds is 13. The number of alkyl carbamates (subject to hydrolysis) is 1. The Labute approximate surface area is 207 Å². The molecule has 3 rings (SSSR count). The minimum absolute atomic E-state index is 0.0422. The Balaban J connectivity index is 1.29. The van der Waals surface area contributed by atoms with Gasteiger partial charge in [-0.2, -0.15) is 0 Å². The Bertz CT molecular complexity index is 974. The molecule has 0 saturated carbocycles. The zero-order chi connectivity index (χ0) is 25.2. The second-order valence-electron chi connectivity index (χ2n) is 9.50. The Morgan fingerprint density at radius 1 is 0.914 bits per heavy atom. The molecular weight excluding hydrogens is 444 g/mol. The zero-order valence-corrected chi connectivity index (χ0v) is 20.6. The van der Waals surface area contributed by atoms with Crippen LogP contribution in [0.5, 0.6) is 0 Å². The summed E-state index contributed by atoms with van der Waals surface area (Å²) in [5.74, 6) is -0.984. The molecule has 1 atom stereocenters. The normalized spacial score (nSPS) is 13.1. The van der Waals surface area contributed by atoms with E-state index < -0.39 is 18.1 Å². The molecule has 7 nitrogen and oxygen atoms in total. The van der Waals surface area contributed by atoms with E-state index in [0.717, 1.165) is 19.3 Å². The molecule has 0 spiro atoms. The maximum atomic E-state index is 12.2. The fourth-order valence-corrected chi connectivity index (χ4v) is 4.56. The molecule has 0 aromatic heterocycles. The van der Waals surface area contributed by atoms with Crippen LogP contribution in [-0.2, 0) is 14.3 Å². The topological polar surface area (TPSA) is 105 Å². The van der Waals surface area contributed by atoms with Gasteiger partial charge < -0.3 is 20.5 Å². The average Bonchev–Trinajstić information content (AvgIpc) is 3.15. The van der Waals surface area contributed by atoms with Crippen molar-refractivity contribution in [1.82, 2.24) is 10.6 Å². The van der Waals surface area contributed by atoms with Crippen molar-refractivity contribution in [2.24, 2.45) is 5.92 Å². The first-order valence-corrected chi connectivity index (χ1v) is 12.5. The van der Waals surface area contributed by atoms with Gasteiger partial charge in [0.25, 0.3) is 0 Å². The number of amides is 2. The van der Waals surface area contributed by atoms with Crippen LogP contribution >= 0.6 is 0 Å². The van der Waals surface area contributed by atoms with Gasteiger partial charge in [0.15, 0.2) is 0 Å². The molecule has 2 aromatic rings. The molecule has 0 fully saturated rings. The SMILES string of the molecule is CC(C)C[C@H](NC(=O)CCCCCCNC(=O)OCC1c2ccccc2-c2ccccc21)C(=O)O. The Morgan fingerprint density at radius 3 is 2.11 bits per heavy atom. The smallest absolute Gasteiger partial charge is 0.407 e. The van der Waals surface area contributed by atoms with Crippen molar-refractivity contribution < 1.29 is 24.2 Å².